The van der Waals surface area contributed by atoms with E-state index in [2.05, 4.69) is 20.5 Å². The van der Waals surface area contributed by atoms with Gasteiger partial charge in [-0.2, -0.15) is 17.9 Å². The van der Waals surface area contributed by atoms with Crippen LogP contribution in [0.5, 0.6) is 5.88 Å². The second kappa shape index (κ2) is 6.86. The van der Waals surface area contributed by atoms with Gasteiger partial charge in [-0.3, -0.25) is 0 Å². The van der Waals surface area contributed by atoms with Crippen molar-refractivity contribution in [3.05, 3.63) is 54.2 Å². The summed E-state index contributed by atoms with van der Waals surface area (Å²) in [5, 5.41) is 11.9. The van der Waals surface area contributed by atoms with E-state index in [9.17, 15) is 13.2 Å². The van der Waals surface area contributed by atoms with Crippen LogP contribution in [-0.2, 0) is 6.18 Å². The number of benzene rings is 1. The molecular weight excluding hydrogens is 361 g/mol. The Hall–Kier alpha value is -3.17. The predicted molar refractivity (Wildman–Crippen MR) is 89.6 cm³/mol. The number of rotatable bonds is 4. The third-order valence-corrected chi connectivity index (χ3v) is 4.23. The minimum absolute atomic E-state index is 0.164. The number of hydrogen-bond acceptors (Lipinski definition) is 6. The number of ether oxygens (including phenoxy) is 1. The lowest BCUT2D eigenvalue weighted by Gasteiger charge is -2.17. The molecule has 3 aromatic rings. The molecule has 1 unspecified atom stereocenters. The minimum atomic E-state index is -4.41. The van der Waals surface area contributed by atoms with Gasteiger partial charge in [0.05, 0.1) is 17.8 Å². The molecule has 1 atom stereocenters. The number of aromatic nitrogens is 5. The fourth-order valence-electron chi connectivity index (χ4n) is 2.91. The largest absolute Gasteiger partial charge is 0.472 e. The molecule has 1 fully saturated rings. The number of nitrogens with zero attached hydrogens (tertiary/aromatic N) is 6. The van der Waals surface area contributed by atoms with Crippen LogP contribution >= 0.6 is 0 Å². The minimum Gasteiger partial charge on any atom is -0.472 e. The van der Waals surface area contributed by atoms with Gasteiger partial charge in [0.1, 0.15) is 6.10 Å². The van der Waals surface area contributed by atoms with Crippen LogP contribution in [-0.4, -0.2) is 44.4 Å². The first-order valence-electron chi connectivity index (χ1n) is 8.29. The second-order valence-electron chi connectivity index (χ2n) is 6.08. The van der Waals surface area contributed by atoms with E-state index in [1.807, 2.05) is 35.2 Å². The lowest BCUT2D eigenvalue weighted by atomic mass is 10.3. The molecule has 27 heavy (non-hydrogen) atoms. The van der Waals surface area contributed by atoms with E-state index in [1.165, 1.54) is 6.07 Å². The molecule has 1 aromatic carbocycles. The molecule has 0 amide bonds. The Morgan fingerprint density at radius 2 is 1.89 bits per heavy atom. The van der Waals surface area contributed by atoms with Gasteiger partial charge in [-0.1, -0.05) is 23.3 Å². The van der Waals surface area contributed by atoms with Crippen molar-refractivity contribution in [1.82, 2.24) is 25.2 Å². The number of halogens is 3. The van der Waals surface area contributed by atoms with Crippen molar-refractivity contribution < 1.29 is 17.9 Å². The smallest absolute Gasteiger partial charge is 0.417 e. The third-order valence-electron chi connectivity index (χ3n) is 4.23. The molecule has 0 N–H and O–H groups in total. The molecule has 10 heteroatoms. The quantitative estimate of drug-likeness (QED) is 0.698. The summed E-state index contributed by atoms with van der Waals surface area (Å²) in [4.78, 5) is 5.73. The van der Waals surface area contributed by atoms with Crippen LogP contribution in [0.25, 0.3) is 5.69 Å². The Bertz CT molecular complexity index is 897. The Morgan fingerprint density at radius 1 is 1.07 bits per heavy atom. The molecule has 0 spiro atoms. The topological polar surface area (TPSA) is 69.0 Å². The van der Waals surface area contributed by atoms with E-state index in [4.69, 9.17) is 4.74 Å². The van der Waals surface area contributed by atoms with Gasteiger partial charge >= 0.3 is 6.18 Å². The summed E-state index contributed by atoms with van der Waals surface area (Å²) in [5.74, 6) is 0.755. The number of pyridine rings is 1. The van der Waals surface area contributed by atoms with E-state index < -0.39 is 11.7 Å². The van der Waals surface area contributed by atoms with Crippen molar-refractivity contribution in [2.45, 2.75) is 18.7 Å². The molecule has 1 saturated heterocycles. The summed E-state index contributed by atoms with van der Waals surface area (Å²) in [5.41, 5.74) is 0.0382. The summed E-state index contributed by atoms with van der Waals surface area (Å²) in [7, 11) is 0. The zero-order valence-corrected chi connectivity index (χ0v) is 14.0. The van der Waals surface area contributed by atoms with Crippen LogP contribution in [0.3, 0.4) is 0 Å². The van der Waals surface area contributed by atoms with Gasteiger partial charge in [0, 0.05) is 25.2 Å². The molecule has 4 rings (SSSR count). The van der Waals surface area contributed by atoms with Gasteiger partial charge in [-0.25, -0.2) is 4.98 Å². The van der Waals surface area contributed by atoms with Crippen LogP contribution in [0.4, 0.5) is 19.1 Å². The molecule has 0 aliphatic carbocycles. The molecular formula is C17H15F3N6O. The molecule has 0 saturated carbocycles. The van der Waals surface area contributed by atoms with Gasteiger partial charge in [-0.05, 0) is 28.6 Å². The SMILES string of the molecule is FC(F)(F)c1ccc(OC2CCN(c3nnnn3-c3ccccc3)C2)nc1. The first kappa shape index (κ1) is 17.3. The number of anilines is 1. The van der Waals surface area contributed by atoms with Crippen molar-refractivity contribution in [1.29, 1.82) is 0 Å². The summed E-state index contributed by atoms with van der Waals surface area (Å²) in [6, 6.07) is 11.7. The molecule has 3 heterocycles. The maximum atomic E-state index is 12.6. The molecule has 140 valence electrons. The molecule has 7 nitrogen and oxygen atoms in total. The molecule has 0 bridgehead atoms. The van der Waals surface area contributed by atoms with Crippen molar-refractivity contribution in [2.75, 3.05) is 18.0 Å². The number of para-hydroxylation sites is 1. The summed E-state index contributed by atoms with van der Waals surface area (Å²) < 4.78 is 45.2. The number of hydrogen-bond donors (Lipinski definition) is 0. The highest BCUT2D eigenvalue weighted by Crippen LogP contribution is 2.29. The van der Waals surface area contributed by atoms with Crippen LogP contribution in [0.1, 0.15) is 12.0 Å². The van der Waals surface area contributed by atoms with E-state index in [1.54, 1.807) is 4.68 Å². The molecule has 1 aliphatic heterocycles. The van der Waals surface area contributed by atoms with Gasteiger partial charge in [0.25, 0.3) is 0 Å². The average Bonchev–Trinajstić information content (AvgIpc) is 3.31. The van der Waals surface area contributed by atoms with Crippen LogP contribution < -0.4 is 9.64 Å². The monoisotopic (exact) mass is 376 g/mol. The highest BCUT2D eigenvalue weighted by Gasteiger charge is 2.31. The first-order valence-corrected chi connectivity index (χ1v) is 8.29. The summed E-state index contributed by atoms with van der Waals surface area (Å²) >= 11 is 0. The van der Waals surface area contributed by atoms with Gasteiger partial charge in [-0.15, -0.1) is 0 Å². The van der Waals surface area contributed by atoms with E-state index in [-0.39, 0.29) is 12.0 Å². The predicted octanol–water partition coefficient (Wildman–Crippen LogP) is 2.73. The van der Waals surface area contributed by atoms with Gasteiger partial charge in [0.2, 0.25) is 11.8 Å². The maximum Gasteiger partial charge on any atom is 0.417 e. The van der Waals surface area contributed by atoms with Crippen molar-refractivity contribution in [3.63, 3.8) is 0 Å². The van der Waals surface area contributed by atoms with Gasteiger partial charge < -0.3 is 9.64 Å². The number of alkyl halides is 3. The first-order chi connectivity index (χ1) is 13.0. The summed E-state index contributed by atoms with van der Waals surface area (Å²) in [6.45, 7) is 1.18. The Labute approximate surface area is 152 Å². The van der Waals surface area contributed by atoms with Crippen molar-refractivity contribution in [3.8, 4) is 11.6 Å². The highest BCUT2D eigenvalue weighted by molar-refractivity contribution is 5.41. The zero-order chi connectivity index (χ0) is 18.9. The Balaban J connectivity index is 1.44. The normalized spacial score (nSPS) is 17.3. The number of tetrazole rings is 1. The average molecular weight is 376 g/mol. The Morgan fingerprint density at radius 3 is 2.59 bits per heavy atom. The second-order valence-corrected chi connectivity index (χ2v) is 6.08. The van der Waals surface area contributed by atoms with Crippen LogP contribution in [0.15, 0.2) is 48.7 Å². The van der Waals surface area contributed by atoms with Crippen molar-refractivity contribution >= 4 is 5.95 Å². The van der Waals surface area contributed by atoms with E-state index >= 15 is 0 Å². The fourth-order valence-corrected chi connectivity index (χ4v) is 2.91. The van der Waals surface area contributed by atoms with E-state index in [0.29, 0.717) is 25.5 Å². The lowest BCUT2D eigenvalue weighted by molar-refractivity contribution is -0.137. The molecule has 1 aliphatic rings. The molecule has 2 aromatic heterocycles. The van der Waals surface area contributed by atoms with Crippen LogP contribution in [0, 0.1) is 0 Å². The van der Waals surface area contributed by atoms with E-state index in [0.717, 1.165) is 18.0 Å². The van der Waals surface area contributed by atoms with Crippen molar-refractivity contribution in [2.24, 2.45) is 0 Å². The maximum absolute atomic E-state index is 12.6. The van der Waals surface area contributed by atoms with Gasteiger partial charge in [0.15, 0.2) is 0 Å². The standard InChI is InChI=1S/C17H15F3N6O/c18-17(19,20)12-6-7-15(21-10-12)27-14-8-9-25(11-14)16-22-23-24-26(16)13-4-2-1-3-5-13/h1-7,10,14H,8-9,11H2. The fraction of sp³-hybridized carbons (Fsp3) is 0.294. The lowest BCUT2D eigenvalue weighted by Crippen LogP contribution is -2.27. The highest BCUT2D eigenvalue weighted by atomic mass is 19.4. The van der Waals surface area contributed by atoms with Crippen LogP contribution in [0.2, 0.25) is 0 Å². The summed E-state index contributed by atoms with van der Waals surface area (Å²) in [6.07, 6.45) is -3.16. The third kappa shape index (κ3) is 3.69. The zero-order valence-electron chi connectivity index (χ0n) is 14.0. The Kier molecular flexibility index (Phi) is 4.38. The molecule has 0 radical (unpaired) electrons.